The zero-order valence-corrected chi connectivity index (χ0v) is 13.4. The minimum Gasteiger partial charge on any atom is -0.469 e. The molecule has 1 atom stereocenters. The predicted octanol–water partition coefficient (Wildman–Crippen LogP) is 3.55. The molecule has 0 radical (unpaired) electrons. The minimum atomic E-state index is -3.49. The molecule has 1 N–H and O–H groups in total. The van der Waals surface area contributed by atoms with Crippen molar-refractivity contribution < 1.29 is 27.7 Å². The van der Waals surface area contributed by atoms with Gasteiger partial charge in [-0.1, -0.05) is 28.1 Å². The Morgan fingerprint density at radius 2 is 2.15 bits per heavy atom. The molecule has 0 amide bonds. The van der Waals surface area contributed by atoms with Crippen LogP contribution in [0.15, 0.2) is 22.7 Å². The summed E-state index contributed by atoms with van der Waals surface area (Å²) in [5.41, 5.74) is -3.34. The largest absolute Gasteiger partial charge is 0.469 e. The van der Waals surface area contributed by atoms with Gasteiger partial charge in [-0.25, -0.2) is 0 Å². The maximum absolute atomic E-state index is 14.0. The van der Waals surface area contributed by atoms with Crippen LogP contribution in [0.2, 0.25) is 0 Å². The van der Waals surface area contributed by atoms with Gasteiger partial charge in [-0.2, -0.15) is 8.78 Å². The Morgan fingerprint density at radius 3 is 2.65 bits per heavy atom. The molecule has 112 valence electrons. The lowest BCUT2D eigenvalue weighted by Crippen LogP contribution is -2.14. The lowest BCUT2D eigenvalue weighted by Gasteiger charge is -2.22. The molecule has 0 fully saturated rings. The Balaban J connectivity index is 3.00. The number of ether oxygens (including phenoxy) is 1. The fourth-order valence-electron chi connectivity index (χ4n) is 1.46. The third kappa shape index (κ3) is 4.19. The van der Waals surface area contributed by atoms with Crippen LogP contribution in [0.4, 0.5) is 8.78 Å². The van der Waals surface area contributed by atoms with Gasteiger partial charge in [0.2, 0.25) is 8.38 Å². The second kappa shape index (κ2) is 7.41. The zero-order valence-electron chi connectivity index (χ0n) is 10.9. The van der Waals surface area contributed by atoms with Gasteiger partial charge >= 0.3 is 11.6 Å². The average molecular weight is 371 g/mol. The molecule has 0 saturated carbocycles. The third-order valence-corrected chi connectivity index (χ3v) is 4.31. The molecule has 0 aromatic heterocycles. The van der Waals surface area contributed by atoms with Crippen molar-refractivity contribution in [1.29, 1.82) is 0 Å². The van der Waals surface area contributed by atoms with Crippen LogP contribution in [0.1, 0.15) is 18.1 Å². The van der Waals surface area contributed by atoms with Crippen molar-refractivity contribution in [2.24, 2.45) is 0 Å². The number of methoxy groups -OCH3 is 1. The highest BCUT2D eigenvalue weighted by Gasteiger charge is 2.44. The van der Waals surface area contributed by atoms with Crippen LogP contribution in [0, 0.1) is 0 Å². The number of halogens is 3. The molecule has 0 heterocycles. The summed E-state index contributed by atoms with van der Waals surface area (Å²) in [6, 6.07) is 3.95. The molecule has 0 bridgehead atoms. The molecule has 8 heteroatoms. The summed E-state index contributed by atoms with van der Waals surface area (Å²) in [5.74, 6) is -0.463. The first-order valence-corrected chi connectivity index (χ1v) is 7.69. The van der Waals surface area contributed by atoms with Gasteiger partial charge in [-0.05, 0) is 18.6 Å². The number of benzene rings is 1. The van der Waals surface area contributed by atoms with Crippen molar-refractivity contribution in [3.05, 3.63) is 33.8 Å². The van der Waals surface area contributed by atoms with E-state index < -0.39 is 20.0 Å². The quantitative estimate of drug-likeness (QED) is 0.614. The highest BCUT2D eigenvalue weighted by molar-refractivity contribution is 9.10. The van der Waals surface area contributed by atoms with Gasteiger partial charge in [0, 0.05) is 10.0 Å². The van der Waals surface area contributed by atoms with E-state index in [4.69, 9.17) is 0 Å². The first-order chi connectivity index (χ1) is 9.32. The van der Waals surface area contributed by atoms with E-state index in [9.17, 15) is 18.5 Å². The highest BCUT2D eigenvalue weighted by Crippen LogP contribution is 2.57. The molecule has 1 unspecified atom stereocenters. The molecule has 1 aromatic carbocycles. The first-order valence-electron chi connectivity index (χ1n) is 5.68. The minimum absolute atomic E-state index is 0.00413. The maximum Gasteiger partial charge on any atom is 0.340 e. The van der Waals surface area contributed by atoms with E-state index in [1.807, 2.05) is 0 Å². The van der Waals surface area contributed by atoms with Crippen molar-refractivity contribution in [3.63, 3.8) is 0 Å². The lowest BCUT2D eigenvalue weighted by molar-refractivity contribution is -0.139. The Labute approximate surface area is 125 Å². The molecule has 0 aliphatic heterocycles. The van der Waals surface area contributed by atoms with E-state index >= 15 is 0 Å². The van der Waals surface area contributed by atoms with Gasteiger partial charge < -0.3 is 14.2 Å². The number of carbonyl (C=O) groups is 1. The molecular formula is C12H14BrF2O4P. The van der Waals surface area contributed by atoms with Gasteiger partial charge in [0.15, 0.2) is 0 Å². The molecule has 0 aliphatic carbocycles. The standard InChI is InChI=1S/C12H14BrF2O4P/c1-3-19-20(17)12(14,15)9-5-4-8(6-10(9)13)7-11(16)18-2/h4-6,17H,3,7H2,1-2H3. The van der Waals surface area contributed by atoms with Crippen molar-refractivity contribution >= 4 is 30.3 Å². The van der Waals surface area contributed by atoms with Gasteiger partial charge in [-0.15, -0.1) is 0 Å². The van der Waals surface area contributed by atoms with Gasteiger partial charge in [-0.3, -0.25) is 4.79 Å². The fourth-order valence-corrected chi connectivity index (χ4v) is 3.09. The van der Waals surface area contributed by atoms with Crippen LogP contribution in [0.5, 0.6) is 0 Å². The van der Waals surface area contributed by atoms with Gasteiger partial charge in [0.25, 0.3) is 0 Å². The molecule has 4 nitrogen and oxygen atoms in total. The van der Waals surface area contributed by atoms with Crippen molar-refractivity contribution in [1.82, 2.24) is 0 Å². The molecule has 0 spiro atoms. The van der Waals surface area contributed by atoms with Crippen LogP contribution in [0.25, 0.3) is 0 Å². The van der Waals surface area contributed by atoms with E-state index in [0.717, 1.165) is 6.07 Å². The van der Waals surface area contributed by atoms with Gasteiger partial charge in [0.05, 0.1) is 20.1 Å². The third-order valence-electron chi connectivity index (χ3n) is 2.43. The molecule has 0 saturated heterocycles. The second-order valence-corrected chi connectivity index (χ2v) is 6.02. The second-order valence-electron chi connectivity index (χ2n) is 3.80. The van der Waals surface area contributed by atoms with Crippen LogP contribution in [-0.4, -0.2) is 24.6 Å². The summed E-state index contributed by atoms with van der Waals surface area (Å²) in [7, 11) is -1.65. The van der Waals surface area contributed by atoms with Crippen molar-refractivity contribution in [3.8, 4) is 0 Å². The van der Waals surface area contributed by atoms with E-state index in [-0.39, 0.29) is 23.1 Å². The fraction of sp³-hybridized carbons (Fsp3) is 0.417. The average Bonchev–Trinajstić information content (AvgIpc) is 2.38. The van der Waals surface area contributed by atoms with Crippen LogP contribution < -0.4 is 0 Å². The smallest absolute Gasteiger partial charge is 0.340 e. The van der Waals surface area contributed by atoms with Crippen LogP contribution >= 0.6 is 24.3 Å². The van der Waals surface area contributed by atoms with Crippen LogP contribution in [-0.2, 0) is 26.1 Å². The van der Waals surface area contributed by atoms with Crippen LogP contribution in [0.3, 0.4) is 0 Å². The number of hydrogen-bond donors (Lipinski definition) is 1. The first kappa shape index (κ1) is 17.4. The molecular weight excluding hydrogens is 357 g/mol. The molecule has 0 aliphatic rings. The number of alkyl halides is 2. The monoisotopic (exact) mass is 370 g/mol. The van der Waals surface area contributed by atoms with Crippen molar-refractivity contribution in [2.45, 2.75) is 19.0 Å². The van der Waals surface area contributed by atoms with E-state index in [2.05, 4.69) is 25.2 Å². The summed E-state index contributed by atoms with van der Waals surface area (Å²) in [6.45, 7) is 1.52. The van der Waals surface area contributed by atoms with E-state index in [0.29, 0.717) is 5.56 Å². The number of esters is 1. The Hall–Kier alpha value is -0.620. The SMILES string of the molecule is CCOP(O)C(F)(F)c1ccc(CC(=O)OC)cc1Br. The highest BCUT2D eigenvalue weighted by atomic mass is 79.9. The van der Waals surface area contributed by atoms with E-state index in [1.165, 1.54) is 26.2 Å². The van der Waals surface area contributed by atoms with Crippen molar-refractivity contribution in [2.75, 3.05) is 13.7 Å². The normalized spacial score (nSPS) is 13.1. The summed E-state index contributed by atoms with van der Waals surface area (Å²) in [6.07, 6.45) is -0.0136. The summed E-state index contributed by atoms with van der Waals surface area (Å²) < 4.78 is 37.2. The topological polar surface area (TPSA) is 55.8 Å². The number of rotatable bonds is 6. The van der Waals surface area contributed by atoms with Gasteiger partial charge in [0.1, 0.15) is 0 Å². The molecule has 1 aromatic rings. The Kier molecular flexibility index (Phi) is 6.45. The zero-order chi connectivity index (χ0) is 15.3. The predicted molar refractivity (Wildman–Crippen MR) is 74.5 cm³/mol. The number of carbonyl (C=O) groups excluding carboxylic acids is 1. The summed E-state index contributed by atoms with van der Waals surface area (Å²) >= 11 is 3.03. The summed E-state index contributed by atoms with van der Waals surface area (Å²) in [4.78, 5) is 20.5. The number of hydrogen-bond acceptors (Lipinski definition) is 4. The molecule has 20 heavy (non-hydrogen) atoms. The summed E-state index contributed by atoms with van der Waals surface area (Å²) in [5, 5.41) is 0. The Bertz CT molecular complexity index is 485. The molecule has 1 rings (SSSR count). The van der Waals surface area contributed by atoms with E-state index in [1.54, 1.807) is 0 Å². The lowest BCUT2D eigenvalue weighted by atomic mass is 10.1. The maximum atomic E-state index is 14.0. The Morgan fingerprint density at radius 1 is 1.50 bits per heavy atom.